The molecule has 8 heteroatoms. The molecule has 0 saturated carbocycles. The van der Waals surface area contributed by atoms with E-state index < -0.39 is 10.2 Å². The molecule has 1 aromatic rings. The Morgan fingerprint density at radius 2 is 1.85 bits per heavy atom. The quantitative estimate of drug-likeness (QED) is 0.672. The van der Waals surface area contributed by atoms with E-state index in [1.165, 1.54) is 0 Å². The number of hydrogen-bond acceptors (Lipinski definition) is 5. The van der Waals surface area contributed by atoms with Crippen LogP contribution in [-0.4, -0.2) is 47.8 Å². The van der Waals surface area contributed by atoms with Crippen molar-refractivity contribution in [2.24, 2.45) is 5.73 Å². The van der Waals surface area contributed by atoms with Crippen LogP contribution in [0.4, 0.5) is 11.4 Å². The van der Waals surface area contributed by atoms with Gasteiger partial charge in [0.05, 0.1) is 13.2 Å². The van der Waals surface area contributed by atoms with Crippen LogP contribution in [-0.2, 0) is 14.9 Å². The molecule has 0 spiro atoms. The summed E-state index contributed by atoms with van der Waals surface area (Å²) in [5.41, 5.74) is 6.84. The Bertz CT molecular complexity index is 512. The fourth-order valence-corrected chi connectivity index (χ4v) is 2.85. The second-order valence-electron chi connectivity index (χ2n) is 4.43. The molecule has 0 aromatic heterocycles. The second-order valence-corrected chi connectivity index (χ2v) is 5.93. The first-order valence-corrected chi connectivity index (χ1v) is 7.99. The molecule has 1 aromatic carbocycles. The summed E-state index contributed by atoms with van der Waals surface area (Å²) >= 11 is 0. The van der Waals surface area contributed by atoms with Crippen LogP contribution in [0, 0.1) is 0 Å². The fourth-order valence-electron chi connectivity index (χ4n) is 1.95. The maximum Gasteiger partial charge on any atom is 0.299 e. The lowest BCUT2D eigenvalue weighted by molar-refractivity contribution is 0.122. The number of ether oxygens (including phenoxy) is 1. The van der Waals surface area contributed by atoms with Crippen molar-refractivity contribution in [2.45, 2.75) is 0 Å². The molecule has 1 heterocycles. The summed E-state index contributed by atoms with van der Waals surface area (Å²) in [6, 6.07) is 7.27. The largest absolute Gasteiger partial charge is 0.378 e. The van der Waals surface area contributed by atoms with E-state index >= 15 is 0 Å². The number of morpholine rings is 1. The van der Waals surface area contributed by atoms with Gasteiger partial charge in [0.25, 0.3) is 10.2 Å². The van der Waals surface area contributed by atoms with Crippen LogP contribution in [0.3, 0.4) is 0 Å². The number of nitrogens with zero attached hydrogens (tertiary/aromatic N) is 1. The minimum Gasteiger partial charge on any atom is -0.378 e. The van der Waals surface area contributed by atoms with E-state index in [1.807, 2.05) is 12.1 Å². The maximum atomic E-state index is 11.6. The average Bonchev–Trinajstić information content (AvgIpc) is 2.46. The first-order valence-electron chi connectivity index (χ1n) is 6.51. The summed E-state index contributed by atoms with van der Waals surface area (Å²) in [5, 5.41) is 0. The Morgan fingerprint density at radius 1 is 1.20 bits per heavy atom. The van der Waals surface area contributed by atoms with Crippen LogP contribution in [0.5, 0.6) is 0 Å². The van der Waals surface area contributed by atoms with E-state index in [0.29, 0.717) is 5.69 Å². The third-order valence-electron chi connectivity index (χ3n) is 2.93. The van der Waals surface area contributed by atoms with Gasteiger partial charge in [-0.3, -0.25) is 4.72 Å². The topological polar surface area (TPSA) is 96.7 Å². The van der Waals surface area contributed by atoms with Gasteiger partial charge in [-0.05, 0) is 24.3 Å². The molecular weight excluding hydrogens is 280 g/mol. The van der Waals surface area contributed by atoms with Gasteiger partial charge in [0, 0.05) is 37.6 Å². The summed E-state index contributed by atoms with van der Waals surface area (Å²) in [4.78, 5) is 2.20. The lowest BCUT2D eigenvalue weighted by Gasteiger charge is -2.28. The van der Waals surface area contributed by atoms with Gasteiger partial charge in [-0.15, -0.1) is 0 Å². The molecule has 4 N–H and O–H groups in total. The Labute approximate surface area is 119 Å². The van der Waals surface area contributed by atoms with Crippen LogP contribution in [0.25, 0.3) is 0 Å². The van der Waals surface area contributed by atoms with Crippen molar-refractivity contribution in [3.63, 3.8) is 0 Å². The summed E-state index contributed by atoms with van der Waals surface area (Å²) < 4.78 is 33.4. The minimum atomic E-state index is -3.55. The number of nitrogens with two attached hydrogens (primary N) is 1. The first kappa shape index (κ1) is 15.0. The average molecular weight is 300 g/mol. The van der Waals surface area contributed by atoms with Crippen molar-refractivity contribution in [3.8, 4) is 0 Å². The van der Waals surface area contributed by atoms with Crippen LogP contribution in [0.1, 0.15) is 0 Å². The summed E-state index contributed by atoms with van der Waals surface area (Å²) in [5.74, 6) is 0. The molecule has 1 fully saturated rings. The highest BCUT2D eigenvalue weighted by Crippen LogP contribution is 2.19. The molecule has 112 valence electrons. The van der Waals surface area contributed by atoms with E-state index in [1.54, 1.807) is 12.1 Å². The minimum absolute atomic E-state index is 0.210. The predicted molar refractivity (Wildman–Crippen MR) is 79.1 cm³/mol. The monoisotopic (exact) mass is 300 g/mol. The molecule has 0 atom stereocenters. The molecular formula is C12H20N4O3S. The molecule has 0 aliphatic carbocycles. The van der Waals surface area contributed by atoms with E-state index in [4.69, 9.17) is 10.5 Å². The SMILES string of the molecule is NCCNS(=O)(=O)Nc1ccc(N2CCOCC2)cc1. The zero-order valence-electron chi connectivity index (χ0n) is 11.2. The van der Waals surface area contributed by atoms with Crippen LogP contribution < -0.4 is 20.1 Å². The lowest BCUT2D eigenvalue weighted by atomic mass is 10.2. The molecule has 20 heavy (non-hydrogen) atoms. The second kappa shape index (κ2) is 6.89. The molecule has 7 nitrogen and oxygen atoms in total. The van der Waals surface area contributed by atoms with Gasteiger partial charge in [0.1, 0.15) is 0 Å². The summed E-state index contributed by atoms with van der Waals surface area (Å²) in [6.45, 7) is 3.61. The van der Waals surface area contributed by atoms with Crippen molar-refractivity contribution in [2.75, 3.05) is 49.0 Å². The van der Waals surface area contributed by atoms with Gasteiger partial charge >= 0.3 is 0 Å². The van der Waals surface area contributed by atoms with Crippen molar-refractivity contribution >= 4 is 21.6 Å². The third-order valence-corrected chi connectivity index (χ3v) is 4.02. The first-order chi connectivity index (χ1) is 9.61. The van der Waals surface area contributed by atoms with Crippen LogP contribution in [0.15, 0.2) is 24.3 Å². The summed E-state index contributed by atoms with van der Waals surface area (Å²) in [7, 11) is -3.55. The maximum absolute atomic E-state index is 11.6. The van der Waals surface area contributed by atoms with Gasteiger partial charge in [-0.25, -0.2) is 0 Å². The number of rotatable bonds is 6. The highest BCUT2D eigenvalue weighted by atomic mass is 32.2. The molecule has 1 aliphatic heterocycles. The highest BCUT2D eigenvalue weighted by molar-refractivity contribution is 7.90. The Morgan fingerprint density at radius 3 is 2.45 bits per heavy atom. The van der Waals surface area contributed by atoms with Crippen molar-refractivity contribution in [3.05, 3.63) is 24.3 Å². The molecule has 0 unspecified atom stereocenters. The molecule has 2 rings (SSSR count). The van der Waals surface area contributed by atoms with Gasteiger partial charge in [-0.1, -0.05) is 0 Å². The normalized spacial score (nSPS) is 16.1. The van der Waals surface area contributed by atoms with E-state index in [2.05, 4.69) is 14.3 Å². The standard InChI is InChI=1S/C12H20N4O3S/c13-5-6-14-20(17,18)15-11-1-3-12(4-2-11)16-7-9-19-10-8-16/h1-4,14-15H,5-10,13H2. The third kappa shape index (κ3) is 4.34. The highest BCUT2D eigenvalue weighted by Gasteiger charge is 2.12. The lowest BCUT2D eigenvalue weighted by Crippen LogP contribution is -2.36. The molecule has 1 saturated heterocycles. The van der Waals surface area contributed by atoms with Crippen molar-refractivity contribution in [1.29, 1.82) is 0 Å². The fraction of sp³-hybridized carbons (Fsp3) is 0.500. The zero-order chi connectivity index (χ0) is 14.4. The van der Waals surface area contributed by atoms with Gasteiger partial charge in [-0.2, -0.15) is 13.1 Å². The molecule has 1 aliphatic rings. The Hall–Kier alpha value is -1.35. The van der Waals surface area contributed by atoms with Crippen LogP contribution >= 0.6 is 0 Å². The zero-order valence-corrected chi connectivity index (χ0v) is 12.0. The molecule has 0 bridgehead atoms. The van der Waals surface area contributed by atoms with Gasteiger partial charge in [0.2, 0.25) is 0 Å². The van der Waals surface area contributed by atoms with E-state index in [0.717, 1.165) is 32.0 Å². The Kier molecular flexibility index (Phi) is 5.18. The number of nitrogens with one attached hydrogen (secondary N) is 2. The summed E-state index contributed by atoms with van der Waals surface area (Å²) in [6.07, 6.45) is 0. The van der Waals surface area contributed by atoms with Gasteiger partial charge < -0.3 is 15.4 Å². The Balaban J connectivity index is 1.97. The van der Waals surface area contributed by atoms with E-state index in [9.17, 15) is 8.42 Å². The van der Waals surface area contributed by atoms with Gasteiger partial charge in [0.15, 0.2) is 0 Å². The number of anilines is 2. The van der Waals surface area contributed by atoms with Crippen LogP contribution in [0.2, 0.25) is 0 Å². The molecule has 0 radical (unpaired) electrons. The van der Waals surface area contributed by atoms with Crippen molar-refractivity contribution in [1.82, 2.24) is 4.72 Å². The molecule has 0 amide bonds. The van der Waals surface area contributed by atoms with E-state index in [-0.39, 0.29) is 13.1 Å². The number of hydrogen-bond donors (Lipinski definition) is 3. The predicted octanol–water partition coefficient (Wildman–Crippen LogP) is -0.272. The smallest absolute Gasteiger partial charge is 0.299 e. The number of benzene rings is 1. The van der Waals surface area contributed by atoms with Crippen molar-refractivity contribution < 1.29 is 13.2 Å².